The molecule has 1 N–H and O–H groups in total. The van der Waals surface area contributed by atoms with Crippen LogP contribution in [0.25, 0.3) is 0 Å². The highest BCUT2D eigenvalue weighted by Gasteiger charge is 1.89. The molecule has 0 aliphatic carbocycles. The van der Waals surface area contributed by atoms with Crippen LogP contribution in [0.3, 0.4) is 0 Å². The quantitative estimate of drug-likeness (QED) is 0.497. The first-order valence-corrected chi connectivity index (χ1v) is 5.26. The molecular weight excluding hydrogens is 158 g/mol. The minimum atomic E-state index is 0.875. The molecule has 0 aliphatic rings. The fourth-order valence-electron chi connectivity index (χ4n) is 0.249. The minimum Gasteiger partial charge on any atom is -0.371 e. The molecule has 4 heteroatoms. The van der Waals surface area contributed by atoms with Crippen molar-refractivity contribution in [1.29, 1.82) is 0 Å². The Balaban J connectivity index is 3.06. The van der Waals surface area contributed by atoms with E-state index >= 15 is 0 Å². The normalized spacial score (nSPS) is 8.75. The van der Waals surface area contributed by atoms with Gasteiger partial charge in [-0.3, -0.25) is 0 Å². The molecule has 0 fully saturated rings. The maximum Gasteiger partial charge on any atom is 0.144 e. The van der Waals surface area contributed by atoms with Crippen LogP contribution >= 0.6 is 33.8 Å². The molecule has 0 amide bonds. The highest BCUT2D eigenvalue weighted by molar-refractivity contribution is 8.83. The van der Waals surface area contributed by atoms with Gasteiger partial charge in [0.15, 0.2) is 0 Å². The van der Waals surface area contributed by atoms with Crippen LogP contribution < -0.4 is 5.32 Å². The third-order valence-corrected chi connectivity index (χ3v) is 2.65. The summed E-state index contributed by atoms with van der Waals surface area (Å²) < 4.78 is 0.875. The second kappa shape index (κ2) is 5.72. The average Bonchev–Trinajstić information content (AvgIpc) is 1.68. The van der Waals surface area contributed by atoms with E-state index in [9.17, 15) is 0 Å². The Morgan fingerprint density at radius 2 is 2.38 bits per heavy atom. The SMILES string of the molecule is CCNC(=S)SSC. The molecule has 0 aliphatic heterocycles. The predicted octanol–water partition coefficient (Wildman–Crippen LogP) is 1.89. The van der Waals surface area contributed by atoms with Crippen molar-refractivity contribution in [3.8, 4) is 0 Å². The zero-order chi connectivity index (χ0) is 6.41. The number of thiocarbonyl (C=S) groups is 1. The summed E-state index contributed by atoms with van der Waals surface area (Å²) in [5.74, 6) is 0. The average molecular weight is 167 g/mol. The summed E-state index contributed by atoms with van der Waals surface area (Å²) in [4.78, 5) is 0. The molecule has 0 unspecified atom stereocenters. The van der Waals surface area contributed by atoms with Crippen LogP contribution in [-0.2, 0) is 0 Å². The first kappa shape index (κ1) is 8.59. The van der Waals surface area contributed by atoms with Crippen LogP contribution in [0.1, 0.15) is 6.92 Å². The smallest absolute Gasteiger partial charge is 0.144 e. The lowest BCUT2D eigenvalue weighted by Gasteiger charge is -1.98. The van der Waals surface area contributed by atoms with Crippen LogP contribution in [-0.4, -0.2) is 17.1 Å². The summed E-state index contributed by atoms with van der Waals surface area (Å²) >= 11 is 4.88. The number of hydrogen-bond acceptors (Lipinski definition) is 3. The van der Waals surface area contributed by atoms with E-state index in [-0.39, 0.29) is 0 Å². The van der Waals surface area contributed by atoms with Gasteiger partial charge in [0.1, 0.15) is 4.32 Å². The first-order chi connectivity index (χ1) is 3.81. The van der Waals surface area contributed by atoms with Crippen LogP contribution in [0.5, 0.6) is 0 Å². The third-order valence-electron chi connectivity index (χ3n) is 0.480. The lowest BCUT2D eigenvalue weighted by Crippen LogP contribution is -2.15. The molecular formula is C4H9NS3. The van der Waals surface area contributed by atoms with Gasteiger partial charge in [-0.05, 0) is 24.0 Å². The molecule has 1 nitrogen and oxygen atoms in total. The van der Waals surface area contributed by atoms with E-state index in [1.165, 1.54) is 0 Å². The standard InChI is InChI=1S/C4H9NS3/c1-3-5-4(6)8-7-2/h3H2,1-2H3,(H,5,6). The molecule has 0 spiro atoms. The van der Waals surface area contributed by atoms with E-state index in [1.54, 1.807) is 21.6 Å². The monoisotopic (exact) mass is 167 g/mol. The Morgan fingerprint density at radius 1 is 1.75 bits per heavy atom. The molecule has 0 rings (SSSR count). The molecule has 0 radical (unpaired) electrons. The lowest BCUT2D eigenvalue weighted by atomic mass is 10.8. The molecule has 0 heterocycles. The van der Waals surface area contributed by atoms with Crippen molar-refractivity contribution in [3.63, 3.8) is 0 Å². The minimum absolute atomic E-state index is 0.875. The van der Waals surface area contributed by atoms with Gasteiger partial charge in [0, 0.05) is 6.54 Å². The van der Waals surface area contributed by atoms with Gasteiger partial charge >= 0.3 is 0 Å². The van der Waals surface area contributed by atoms with Gasteiger partial charge in [0.2, 0.25) is 0 Å². The van der Waals surface area contributed by atoms with Crippen LogP contribution in [0.2, 0.25) is 0 Å². The summed E-state index contributed by atoms with van der Waals surface area (Å²) in [5.41, 5.74) is 0. The lowest BCUT2D eigenvalue weighted by molar-refractivity contribution is 0.996. The van der Waals surface area contributed by atoms with Gasteiger partial charge in [0.05, 0.1) is 0 Å². The van der Waals surface area contributed by atoms with E-state index in [2.05, 4.69) is 5.32 Å². The second-order valence-corrected chi connectivity index (χ2v) is 4.14. The van der Waals surface area contributed by atoms with E-state index in [1.807, 2.05) is 13.2 Å². The summed E-state index contributed by atoms with van der Waals surface area (Å²) in [5, 5.41) is 3.02. The summed E-state index contributed by atoms with van der Waals surface area (Å²) in [6, 6.07) is 0. The topological polar surface area (TPSA) is 12.0 Å². The highest BCUT2D eigenvalue weighted by atomic mass is 33.1. The summed E-state index contributed by atoms with van der Waals surface area (Å²) in [6.45, 7) is 2.96. The van der Waals surface area contributed by atoms with E-state index in [0.717, 1.165) is 10.9 Å². The van der Waals surface area contributed by atoms with E-state index in [0.29, 0.717) is 0 Å². The zero-order valence-electron chi connectivity index (χ0n) is 4.93. The van der Waals surface area contributed by atoms with Gasteiger partial charge in [0.25, 0.3) is 0 Å². The van der Waals surface area contributed by atoms with Crippen LogP contribution in [0.4, 0.5) is 0 Å². The van der Waals surface area contributed by atoms with Crippen molar-refractivity contribution in [1.82, 2.24) is 5.32 Å². The van der Waals surface area contributed by atoms with Crippen LogP contribution in [0.15, 0.2) is 0 Å². The van der Waals surface area contributed by atoms with Crippen molar-refractivity contribution in [2.75, 3.05) is 12.8 Å². The molecule has 0 bridgehead atoms. The Morgan fingerprint density at radius 3 is 2.75 bits per heavy atom. The maximum atomic E-state index is 4.88. The Kier molecular flexibility index (Phi) is 6.14. The van der Waals surface area contributed by atoms with Crippen LogP contribution in [0, 0.1) is 0 Å². The molecule has 0 atom stereocenters. The van der Waals surface area contributed by atoms with E-state index in [4.69, 9.17) is 12.2 Å². The van der Waals surface area contributed by atoms with E-state index < -0.39 is 0 Å². The summed E-state index contributed by atoms with van der Waals surface area (Å²) in [6.07, 6.45) is 2.01. The number of rotatable bonds is 2. The maximum absolute atomic E-state index is 4.88. The molecule has 8 heavy (non-hydrogen) atoms. The second-order valence-electron chi connectivity index (χ2n) is 1.07. The Bertz CT molecular complexity index is 65.7. The van der Waals surface area contributed by atoms with Crippen molar-refractivity contribution in [3.05, 3.63) is 0 Å². The fraction of sp³-hybridized carbons (Fsp3) is 0.750. The molecule has 0 saturated heterocycles. The third kappa shape index (κ3) is 4.74. The van der Waals surface area contributed by atoms with Crippen molar-refractivity contribution in [2.45, 2.75) is 6.92 Å². The number of hydrogen-bond donors (Lipinski definition) is 1. The van der Waals surface area contributed by atoms with Crippen molar-refractivity contribution < 1.29 is 0 Å². The van der Waals surface area contributed by atoms with Gasteiger partial charge in [-0.1, -0.05) is 23.0 Å². The van der Waals surface area contributed by atoms with Gasteiger partial charge in [-0.15, -0.1) is 0 Å². The zero-order valence-corrected chi connectivity index (χ0v) is 7.38. The van der Waals surface area contributed by atoms with Crippen molar-refractivity contribution >= 4 is 38.1 Å². The molecule has 48 valence electrons. The fourth-order valence-corrected chi connectivity index (χ4v) is 1.99. The van der Waals surface area contributed by atoms with Crippen molar-refractivity contribution in [2.24, 2.45) is 0 Å². The largest absolute Gasteiger partial charge is 0.371 e. The number of nitrogens with one attached hydrogen (secondary N) is 1. The Hall–Kier alpha value is 0.590. The van der Waals surface area contributed by atoms with Gasteiger partial charge in [-0.25, -0.2) is 0 Å². The molecule has 0 aromatic heterocycles. The van der Waals surface area contributed by atoms with Gasteiger partial charge in [-0.2, -0.15) is 0 Å². The first-order valence-electron chi connectivity index (χ1n) is 2.29. The highest BCUT2D eigenvalue weighted by Crippen LogP contribution is 2.16. The molecule has 0 aromatic rings. The predicted molar refractivity (Wildman–Crippen MR) is 47.4 cm³/mol. The Labute approximate surface area is 63.4 Å². The molecule has 0 saturated carbocycles. The molecule has 0 aromatic carbocycles. The summed E-state index contributed by atoms with van der Waals surface area (Å²) in [7, 11) is 3.26. The van der Waals surface area contributed by atoms with Gasteiger partial charge < -0.3 is 5.32 Å².